The van der Waals surface area contributed by atoms with Gasteiger partial charge in [-0.15, -0.1) is 0 Å². The van der Waals surface area contributed by atoms with Crippen molar-refractivity contribution in [3.63, 3.8) is 0 Å². The maximum Gasteiger partial charge on any atom is 0.410 e. The number of nitrogens with one attached hydrogen (secondary N) is 2. The Balaban J connectivity index is 1.38. The Morgan fingerprint density at radius 1 is 0.878 bits per heavy atom. The number of anilines is 4. The zero-order chi connectivity index (χ0) is 28.8. The topological polar surface area (TPSA) is 138 Å². The zero-order valence-electron chi connectivity index (χ0n) is 23.1. The van der Waals surface area contributed by atoms with Gasteiger partial charge >= 0.3 is 6.09 Å². The Labute approximate surface area is 237 Å². The molecule has 5 rings (SSSR count). The molecule has 12 nitrogen and oxygen atoms in total. The number of carbonyl (C=O) groups excluding carboxylic acids is 2. The maximum atomic E-state index is 13.2. The van der Waals surface area contributed by atoms with Crippen molar-refractivity contribution >= 4 is 35.1 Å². The van der Waals surface area contributed by atoms with Gasteiger partial charge in [-0.2, -0.15) is 0 Å². The molecule has 41 heavy (non-hydrogen) atoms. The lowest BCUT2D eigenvalue weighted by Crippen LogP contribution is -2.50. The van der Waals surface area contributed by atoms with E-state index in [1.165, 1.54) is 0 Å². The van der Waals surface area contributed by atoms with Crippen LogP contribution in [0.3, 0.4) is 0 Å². The molecule has 4 aromatic heterocycles. The van der Waals surface area contributed by atoms with Gasteiger partial charge in [0.25, 0.3) is 5.91 Å². The molecule has 0 saturated carbocycles. The standard InChI is InChI=1S/C29H31N9O3/c1-29(2,3)41-28(40)38-13-11-37(12-14-38)26-17-20(6-8-33-26)23-15-21(27(39)34-22-5-4-7-30-18-22)16-24(35-23)36-25-19-31-9-10-32-25/h4-10,15-19H,11-14H2,1-3H3,(H,34,39)(H,32,35,36). The van der Waals surface area contributed by atoms with Gasteiger partial charge < -0.3 is 25.2 Å². The summed E-state index contributed by atoms with van der Waals surface area (Å²) in [5, 5.41) is 6.00. The SMILES string of the molecule is CC(C)(C)OC(=O)N1CCN(c2cc(-c3cc(C(=O)Nc4cccnc4)cc(Nc4cnccn4)n3)ccn2)CC1. The van der Waals surface area contributed by atoms with Crippen LogP contribution in [0.2, 0.25) is 0 Å². The Hall–Kier alpha value is -5.13. The Kier molecular flexibility index (Phi) is 7.99. The first-order valence-corrected chi connectivity index (χ1v) is 13.2. The highest BCUT2D eigenvalue weighted by Crippen LogP contribution is 2.26. The molecule has 1 aliphatic heterocycles. The highest BCUT2D eigenvalue weighted by Gasteiger charge is 2.26. The lowest BCUT2D eigenvalue weighted by molar-refractivity contribution is 0.0240. The van der Waals surface area contributed by atoms with Gasteiger partial charge in [0, 0.05) is 62.1 Å². The molecule has 0 aromatic carbocycles. The number of rotatable bonds is 6. The molecule has 2 N–H and O–H groups in total. The summed E-state index contributed by atoms with van der Waals surface area (Å²) >= 11 is 0. The molecular formula is C29H31N9O3. The van der Waals surface area contributed by atoms with Crippen LogP contribution in [0, 0.1) is 0 Å². The van der Waals surface area contributed by atoms with E-state index in [0.29, 0.717) is 54.8 Å². The lowest BCUT2D eigenvalue weighted by Gasteiger charge is -2.36. The number of hydrogen-bond donors (Lipinski definition) is 2. The van der Waals surface area contributed by atoms with Crippen molar-refractivity contribution in [2.24, 2.45) is 0 Å². The number of aromatic nitrogens is 5. The van der Waals surface area contributed by atoms with E-state index >= 15 is 0 Å². The molecule has 0 aliphatic carbocycles. The third kappa shape index (κ3) is 7.29. The van der Waals surface area contributed by atoms with Gasteiger partial charge in [-0.25, -0.2) is 19.7 Å². The van der Waals surface area contributed by atoms with E-state index in [4.69, 9.17) is 9.72 Å². The van der Waals surface area contributed by atoms with Crippen LogP contribution in [0.5, 0.6) is 0 Å². The van der Waals surface area contributed by atoms with Crippen LogP contribution in [0.15, 0.2) is 73.6 Å². The largest absolute Gasteiger partial charge is 0.444 e. The van der Waals surface area contributed by atoms with E-state index in [1.54, 1.807) is 66.3 Å². The van der Waals surface area contributed by atoms with Gasteiger partial charge in [-0.05, 0) is 57.2 Å². The number of piperazine rings is 1. The molecule has 0 unspecified atom stereocenters. The molecule has 1 saturated heterocycles. The summed E-state index contributed by atoms with van der Waals surface area (Å²) in [6, 6.07) is 10.7. The Morgan fingerprint density at radius 3 is 2.39 bits per heavy atom. The predicted octanol–water partition coefficient (Wildman–Crippen LogP) is 4.38. The van der Waals surface area contributed by atoms with Crippen LogP contribution in [0.1, 0.15) is 31.1 Å². The second kappa shape index (κ2) is 11.9. The number of amides is 2. The summed E-state index contributed by atoms with van der Waals surface area (Å²) < 4.78 is 5.51. The van der Waals surface area contributed by atoms with Gasteiger partial charge in [-0.1, -0.05) is 0 Å². The van der Waals surface area contributed by atoms with Crippen LogP contribution >= 0.6 is 0 Å². The first kappa shape index (κ1) is 27.4. The third-order valence-electron chi connectivity index (χ3n) is 6.12. The van der Waals surface area contributed by atoms with Crippen LogP contribution in [-0.4, -0.2) is 73.6 Å². The molecule has 4 aromatic rings. The van der Waals surface area contributed by atoms with Crippen molar-refractivity contribution in [2.75, 3.05) is 41.7 Å². The van der Waals surface area contributed by atoms with Gasteiger partial charge in [0.1, 0.15) is 23.1 Å². The second-order valence-corrected chi connectivity index (χ2v) is 10.4. The maximum absolute atomic E-state index is 13.2. The van der Waals surface area contributed by atoms with Gasteiger partial charge in [0.2, 0.25) is 0 Å². The summed E-state index contributed by atoms with van der Waals surface area (Å²) in [5.74, 6) is 1.37. The van der Waals surface area contributed by atoms with Crippen LogP contribution < -0.4 is 15.5 Å². The lowest BCUT2D eigenvalue weighted by atomic mass is 10.1. The average molecular weight is 554 g/mol. The number of carbonyl (C=O) groups is 2. The van der Waals surface area contributed by atoms with E-state index in [1.807, 2.05) is 32.9 Å². The summed E-state index contributed by atoms with van der Waals surface area (Å²) in [6.45, 7) is 7.83. The smallest absolute Gasteiger partial charge is 0.410 e. The molecule has 1 aliphatic rings. The molecule has 2 amide bonds. The summed E-state index contributed by atoms with van der Waals surface area (Å²) in [6.07, 6.45) is 9.34. The highest BCUT2D eigenvalue weighted by atomic mass is 16.6. The Morgan fingerprint density at radius 2 is 1.68 bits per heavy atom. The molecule has 0 spiro atoms. The molecule has 12 heteroatoms. The van der Waals surface area contributed by atoms with Crippen molar-refractivity contribution in [3.05, 3.63) is 79.1 Å². The van der Waals surface area contributed by atoms with Crippen LogP contribution in [-0.2, 0) is 4.74 Å². The molecule has 210 valence electrons. The molecule has 0 radical (unpaired) electrons. The van der Waals surface area contributed by atoms with Crippen LogP contribution in [0.25, 0.3) is 11.3 Å². The fourth-order valence-electron chi connectivity index (χ4n) is 4.20. The first-order chi connectivity index (χ1) is 19.7. The van der Waals surface area contributed by atoms with Crippen molar-refractivity contribution in [3.8, 4) is 11.3 Å². The fraction of sp³-hybridized carbons (Fsp3) is 0.276. The predicted molar refractivity (Wildman–Crippen MR) is 155 cm³/mol. The fourth-order valence-corrected chi connectivity index (χ4v) is 4.20. The van der Waals surface area contributed by atoms with E-state index in [0.717, 1.165) is 11.4 Å². The number of ether oxygens (including phenoxy) is 1. The summed E-state index contributed by atoms with van der Waals surface area (Å²) in [7, 11) is 0. The van der Waals surface area contributed by atoms with Gasteiger partial charge in [0.15, 0.2) is 0 Å². The normalized spacial score (nSPS) is 13.4. The van der Waals surface area contributed by atoms with Crippen molar-refractivity contribution in [1.29, 1.82) is 0 Å². The van der Waals surface area contributed by atoms with Gasteiger partial charge in [0.05, 0.1) is 23.8 Å². The van der Waals surface area contributed by atoms with Crippen molar-refractivity contribution in [2.45, 2.75) is 26.4 Å². The first-order valence-electron chi connectivity index (χ1n) is 13.2. The minimum absolute atomic E-state index is 0.309. The molecule has 1 fully saturated rings. The molecule has 5 heterocycles. The monoisotopic (exact) mass is 553 g/mol. The molecule has 0 bridgehead atoms. The van der Waals surface area contributed by atoms with Gasteiger partial charge in [-0.3, -0.25) is 14.8 Å². The van der Waals surface area contributed by atoms with Crippen molar-refractivity contribution in [1.82, 2.24) is 29.8 Å². The zero-order valence-corrected chi connectivity index (χ0v) is 23.1. The molecular weight excluding hydrogens is 522 g/mol. The number of pyridine rings is 3. The van der Waals surface area contributed by atoms with Crippen LogP contribution in [0.4, 0.5) is 27.9 Å². The van der Waals surface area contributed by atoms with E-state index in [9.17, 15) is 9.59 Å². The van der Waals surface area contributed by atoms with E-state index in [2.05, 4.69) is 35.5 Å². The Bertz CT molecular complexity index is 1500. The average Bonchev–Trinajstić information content (AvgIpc) is 2.97. The summed E-state index contributed by atoms with van der Waals surface area (Å²) in [4.78, 5) is 51.2. The minimum Gasteiger partial charge on any atom is -0.444 e. The number of hydrogen-bond acceptors (Lipinski definition) is 10. The third-order valence-corrected chi connectivity index (χ3v) is 6.12. The van der Waals surface area contributed by atoms with Crippen molar-refractivity contribution < 1.29 is 14.3 Å². The number of nitrogens with zero attached hydrogens (tertiary/aromatic N) is 7. The van der Waals surface area contributed by atoms with E-state index in [-0.39, 0.29) is 12.0 Å². The minimum atomic E-state index is -0.540. The summed E-state index contributed by atoms with van der Waals surface area (Å²) in [5.41, 5.74) is 1.79. The second-order valence-electron chi connectivity index (χ2n) is 10.4. The van der Waals surface area contributed by atoms with E-state index < -0.39 is 5.60 Å². The quantitative estimate of drug-likeness (QED) is 0.354. The highest BCUT2D eigenvalue weighted by molar-refractivity contribution is 6.05. The molecule has 0 atom stereocenters.